The number of benzene rings is 1. The summed E-state index contributed by atoms with van der Waals surface area (Å²) in [6.45, 7) is 6.87. The maximum atomic E-state index is 12.5. The van der Waals surface area contributed by atoms with E-state index in [9.17, 15) is 4.79 Å². The highest BCUT2D eigenvalue weighted by molar-refractivity contribution is 9.10. The van der Waals surface area contributed by atoms with Gasteiger partial charge in [-0.25, -0.2) is 0 Å². The van der Waals surface area contributed by atoms with Crippen molar-refractivity contribution in [2.75, 3.05) is 0 Å². The lowest BCUT2D eigenvalue weighted by Crippen LogP contribution is -2.10. The van der Waals surface area contributed by atoms with Crippen molar-refractivity contribution in [2.24, 2.45) is 0 Å². The first-order valence-corrected chi connectivity index (χ1v) is 8.59. The molecule has 0 atom stereocenters. The molecule has 0 N–H and O–H groups in total. The summed E-state index contributed by atoms with van der Waals surface area (Å²) in [5.74, 6) is 0.105. The summed E-state index contributed by atoms with van der Waals surface area (Å²) in [7, 11) is 0. The highest BCUT2D eigenvalue weighted by Gasteiger charge is 2.18. The van der Waals surface area contributed by atoms with Gasteiger partial charge < -0.3 is 0 Å². The molecule has 1 heterocycles. The van der Waals surface area contributed by atoms with E-state index in [1.54, 1.807) is 0 Å². The molecule has 0 spiro atoms. The Hall–Kier alpha value is -0.940. The third-order valence-electron chi connectivity index (χ3n) is 3.52. The lowest BCUT2D eigenvalue weighted by Gasteiger charge is -2.06. The average Bonchev–Trinajstić information content (AvgIpc) is 2.78. The van der Waals surface area contributed by atoms with Gasteiger partial charge in [-0.3, -0.25) is 9.48 Å². The third-order valence-corrected chi connectivity index (χ3v) is 5.29. The Kier molecular flexibility index (Phi) is 5.38. The Morgan fingerprint density at radius 1 is 1.29 bits per heavy atom. The summed E-state index contributed by atoms with van der Waals surface area (Å²) in [5, 5.41) is 4.53. The minimum atomic E-state index is 0.105. The van der Waals surface area contributed by atoms with Crippen molar-refractivity contribution in [1.29, 1.82) is 0 Å². The molecule has 0 saturated carbocycles. The summed E-state index contributed by atoms with van der Waals surface area (Å²) >= 11 is 7.06. The minimum absolute atomic E-state index is 0.105. The van der Waals surface area contributed by atoms with Gasteiger partial charge in [0.05, 0.1) is 22.3 Å². The van der Waals surface area contributed by atoms with Crippen LogP contribution in [0.3, 0.4) is 0 Å². The fourth-order valence-corrected chi connectivity index (χ4v) is 3.29. The van der Waals surface area contributed by atoms with E-state index < -0.39 is 0 Å². The van der Waals surface area contributed by atoms with E-state index in [1.165, 1.54) is 0 Å². The molecule has 0 amide bonds. The Morgan fingerprint density at radius 3 is 2.57 bits per heavy atom. The second-order valence-electron chi connectivity index (χ2n) is 4.94. The van der Waals surface area contributed by atoms with Gasteiger partial charge in [-0.15, -0.1) is 0 Å². The number of halogens is 2. The number of carbonyl (C=O) groups excluding carboxylic acids is 1. The zero-order valence-electron chi connectivity index (χ0n) is 12.4. The van der Waals surface area contributed by atoms with Crippen LogP contribution in [0.15, 0.2) is 27.1 Å². The number of Topliss-reactive ketones (excluding diaryl/α,β-unsaturated/α-hetero) is 1. The van der Waals surface area contributed by atoms with Crippen molar-refractivity contribution in [1.82, 2.24) is 9.78 Å². The van der Waals surface area contributed by atoms with E-state index in [0.29, 0.717) is 6.42 Å². The van der Waals surface area contributed by atoms with Crippen molar-refractivity contribution in [3.8, 4) is 0 Å². The Bertz CT molecular complexity index is 677. The van der Waals surface area contributed by atoms with Gasteiger partial charge in [-0.2, -0.15) is 5.10 Å². The number of carbonyl (C=O) groups is 1. The Morgan fingerprint density at radius 2 is 2.00 bits per heavy atom. The van der Waals surface area contributed by atoms with E-state index in [-0.39, 0.29) is 5.78 Å². The van der Waals surface area contributed by atoms with Gasteiger partial charge in [-0.1, -0.05) is 35.0 Å². The molecule has 21 heavy (non-hydrogen) atoms. The molecule has 0 aliphatic heterocycles. The van der Waals surface area contributed by atoms with Gasteiger partial charge >= 0.3 is 0 Å². The van der Waals surface area contributed by atoms with Crippen LogP contribution in [-0.2, 0) is 19.4 Å². The monoisotopic (exact) mass is 412 g/mol. The summed E-state index contributed by atoms with van der Waals surface area (Å²) in [6.07, 6.45) is 1.21. The quantitative estimate of drug-likeness (QED) is 0.664. The number of aryl methyl sites for hydroxylation is 3. The maximum absolute atomic E-state index is 12.5. The summed E-state index contributed by atoms with van der Waals surface area (Å²) < 4.78 is 3.83. The first kappa shape index (κ1) is 16.4. The van der Waals surface area contributed by atoms with Crippen LogP contribution in [0.25, 0.3) is 0 Å². The lowest BCUT2D eigenvalue weighted by molar-refractivity contribution is 0.0990. The Balaban J connectivity index is 2.31. The van der Waals surface area contributed by atoms with Crippen molar-refractivity contribution < 1.29 is 4.79 Å². The van der Waals surface area contributed by atoms with Crippen LogP contribution in [0.5, 0.6) is 0 Å². The predicted molar refractivity (Wildman–Crippen MR) is 91.9 cm³/mol. The van der Waals surface area contributed by atoms with Crippen molar-refractivity contribution in [3.63, 3.8) is 0 Å². The summed E-state index contributed by atoms with van der Waals surface area (Å²) in [6, 6.07) is 5.73. The van der Waals surface area contributed by atoms with Crippen LogP contribution in [-0.4, -0.2) is 15.6 Å². The van der Waals surface area contributed by atoms with E-state index in [4.69, 9.17) is 0 Å². The van der Waals surface area contributed by atoms with Gasteiger partial charge in [0.15, 0.2) is 5.78 Å². The largest absolute Gasteiger partial charge is 0.294 e. The van der Waals surface area contributed by atoms with Crippen LogP contribution in [0.4, 0.5) is 0 Å². The van der Waals surface area contributed by atoms with Gasteiger partial charge in [0.2, 0.25) is 0 Å². The fraction of sp³-hybridized carbons (Fsp3) is 0.375. The van der Waals surface area contributed by atoms with Crippen LogP contribution >= 0.6 is 31.9 Å². The molecule has 0 aliphatic carbocycles. The molecule has 1 aromatic carbocycles. The molecule has 0 saturated heterocycles. The highest BCUT2D eigenvalue weighted by Crippen LogP contribution is 2.25. The number of hydrogen-bond donors (Lipinski definition) is 0. The van der Waals surface area contributed by atoms with Crippen LogP contribution in [0.1, 0.15) is 41.2 Å². The first-order chi connectivity index (χ1) is 9.97. The highest BCUT2D eigenvalue weighted by atomic mass is 79.9. The summed E-state index contributed by atoms with van der Waals surface area (Å²) in [4.78, 5) is 12.5. The molecule has 3 nitrogen and oxygen atoms in total. The van der Waals surface area contributed by atoms with Gasteiger partial charge in [0, 0.05) is 16.6 Å². The molecular weight excluding hydrogens is 396 g/mol. The molecule has 0 aliphatic rings. The van der Waals surface area contributed by atoms with E-state index in [1.807, 2.05) is 36.7 Å². The normalized spacial score (nSPS) is 10.9. The van der Waals surface area contributed by atoms with Crippen molar-refractivity contribution in [2.45, 2.75) is 40.2 Å². The number of aromatic nitrogens is 2. The third kappa shape index (κ3) is 3.46. The average molecular weight is 414 g/mol. The number of nitrogens with zero attached hydrogens (tertiary/aromatic N) is 2. The van der Waals surface area contributed by atoms with Crippen LogP contribution in [0.2, 0.25) is 0 Å². The SMILES string of the molecule is CCc1nn(CC)c(CC(=O)c2ccc(C)c(Br)c2)c1Br. The molecule has 0 radical (unpaired) electrons. The molecule has 0 fully saturated rings. The molecule has 2 rings (SSSR count). The minimum Gasteiger partial charge on any atom is -0.294 e. The molecule has 0 bridgehead atoms. The molecule has 0 unspecified atom stereocenters. The standard InChI is InChI=1S/C16H18Br2N2O/c1-4-13-16(18)14(20(5-2)19-13)9-15(21)11-7-6-10(3)12(17)8-11/h6-8H,4-5,9H2,1-3H3. The van der Waals surface area contributed by atoms with Gasteiger partial charge in [0.1, 0.15) is 0 Å². The lowest BCUT2D eigenvalue weighted by atomic mass is 10.0. The summed E-state index contributed by atoms with van der Waals surface area (Å²) in [5.41, 5.74) is 3.81. The van der Waals surface area contributed by atoms with E-state index >= 15 is 0 Å². The van der Waals surface area contributed by atoms with Gasteiger partial charge in [0.25, 0.3) is 0 Å². The van der Waals surface area contributed by atoms with Crippen molar-refractivity contribution >= 4 is 37.6 Å². The number of rotatable bonds is 5. The molecule has 5 heteroatoms. The molecular formula is C16H18Br2N2O. The van der Waals surface area contributed by atoms with Gasteiger partial charge in [-0.05, 0) is 47.8 Å². The van der Waals surface area contributed by atoms with Crippen molar-refractivity contribution in [3.05, 3.63) is 49.7 Å². The maximum Gasteiger partial charge on any atom is 0.168 e. The Labute approximate surface area is 142 Å². The number of hydrogen-bond acceptors (Lipinski definition) is 2. The first-order valence-electron chi connectivity index (χ1n) is 7.01. The molecule has 112 valence electrons. The fourth-order valence-electron chi connectivity index (χ4n) is 2.21. The topological polar surface area (TPSA) is 34.9 Å². The second-order valence-corrected chi connectivity index (χ2v) is 6.59. The smallest absolute Gasteiger partial charge is 0.168 e. The molecule has 1 aromatic heterocycles. The predicted octanol–water partition coefficient (Wildman–Crippen LogP) is 4.72. The van der Waals surface area contributed by atoms with E-state index in [0.717, 1.165) is 44.4 Å². The second kappa shape index (κ2) is 6.88. The number of ketones is 1. The zero-order chi connectivity index (χ0) is 15.6. The molecule has 2 aromatic rings. The van der Waals surface area contributed by atoms with Crippen LogP contribution in [0, 0.1) is 6.92 Å². The van der Waals surface area contributed by atoms with Crippen LogP contribution < -0.4 is 0 Å². The van der Waals surface area contributed by atoms with E-state index in [2.05, 4.69) is 43.9 Å². The zero-order valence-corrected chi connectivity index (χ0v) is 15.6.